The van der Waals surface area contributed by atoms with Crippen molar-refractivity contribution in [2.24, 2.45) is 0 Å². The Kier molecular flexibility index (Phi) is 6.62. The molecule has 1 aliphatic rings. The number of ether oxygens (including phenoxy) is 1. The van der Waals surface area contributed by atoms with Crippen LogP contribution in [0.5, 0.6) is 0 Å². The zero-order chi connectivity index (χ0) is 17.4. The molecule has 1 aliphatic heterocycles. The minimum absolute atomic E-state index is 0.185. The van der Waals surface area contributed by atoms with Gasteiger partial charge in [-0.25, -0.2) is 9.59 Å². The molecule has 0 aliphatic carbocycles. The van der Waals surface area contributed by atoms with Crippen LogP contribution in [0.3, 0.4) is 0 Å². The summed E-state index contributed by atoms with van der Waals surface area (Å²) in [6, 6.07) is 2.90. The summed E-state index contributed by atoms with van der Waals surface area (Å²) in [5, 5.41) is 4.83. The number of hydrogen-bond acceptors (Lipinski definition) is 5. The number of nitrogens with one attached hydrogen (secondary N) is 3. The fourth-order valence-electron chi connectivity index (χ4n) is 2.42. The number of imide groups is 1. The van der Waals surface area contributed by atoms with Crippen LogP contribution in [-0.2, 0) is 16.1 Å². The predicted molar refractivity (Wildman–Crippen MR) is 83.2 cm³/mol. The molecule has 3 N–H and O–H groups in total. The third kappa shape index (κ3) is 5.58. The zero-order valence-electron chi connectivity index (χ0n) is 13.7. The number of urea groups is 1. The summed E-state index contributed by atoms with van der Waals surface area (Å²) in [7, 11) is 0. The average molecular weight is 339 g/mol. The summed E-state index contributed by atoms with van der Waals surface area (Å²) < 4.78 is 10.0. The van der Waals surface area contributed by atoms with Gasteiger partial charge in [-0.15, -0.1) is 0 Å². The summed E-state index contributed by atoms with van der Waals surface area (Å²) in [6.07, 6.45) is 1.19. The van der Waals surface area contributed by atoms with Gasteiger partial charge in [0.2, 0.25) is 0 Å². The number of rotatable bonds is 5. The predicted octanol–water partition coefficient (Wildman–Crippen LogP) is -1.04. The van der Waals surface area contributed by atoms with Crippen molar-refractivity contribution in [2.45, 2.75) is 13.5 Å². The minimum atomic E-state index is -0.555. The van der Waals surface area contributed by atoms with E-state index < -0.39 is 6.03 Å². The molecular formula is C15H23N4O5+. The van der Waals surface area contributed by atoms with Crippen LogP contribution in [0.25, 0.3) is 0 Å². The van der Waals surface area contributed by atoms with Crippen LogP contribution in [0, 0.1) is 0 Å². The van der Waals surface area contributed by atoms with Gasteiger partial charge in [-0.05, 0) is 19.1 Å². The molecule has 24 heavy (non-hydrogen) atoms. The molecule has 0 spiro atoms. The number of carbonyl (C=O) groups excluding carboxylic acids is 3. The van der Waals surface area contributed by atoms with Crippen molar-refractivity contribution < 1.29 is 28.4 Å². The molecule has 132 valence electrons. The number of nitrogens with zero attached hydrogens (tertiary/aromatic N) is 1. The van der Waals surface area contributed by atoms with Gasteiger partial charge < -0.3 is 19.4 Å². The first-order chi connectivity index (χ1) is 11.6. The standard InChI is InChI=1S/C15H22N4O5/c1-2-23-15(22)19-7-5-18(6-8-19)11-13(20)17-14(21)16-10-12-4-3-9-24-12/h3-4,9H,2,5-8,10-11H2,1H3,(H2,16,17,20,21)/p+1. The van der Waals surface area contributed by atoms with E-state index in [1.165, 1.54) is 6.26 Å². The normalized spacial score (nSPS) is 15.0. The van der Waals surface area contributed by atoms with Gasteiger partial charge in [0.1, 0.15) is 5.76 Å². The van der Waals surface area contributed by atoms with Crippen LogP contribution in [0.1, 0.15) is 12.7 Å². The molecule has 9 heteroatoms. The molecule has 1 saturated heterocycles. The van der Waals surface area contributed by atoms with E-state index in [0.29, 0.717) is 38.5 Å². The molecule has 2 rings (SSSR count). The number of furan rings is 1. The smallest absolute Gasteiger partial charge is 0.410 e. The van der Waals surface area contributed by atoms with E-state index in [4.69, 9.17) is 9.15 Å². The second-order valence-corrected chi connectivity index (χ2v) is 5.42. The SMILES string of the molecule is CCOC(=O)N1CC[NH+](CC(=O)NC(=O)NCc2ccco2)CC1. The van der Waals surface area contributed by atoms with E-state index in [0.717, 1.165) is 4.90 Å². The first-order valence-electron chi connectivity index (χ1n) is 7.93. The van der Waals surface area contributed by atoms with Crippen LogP contribution in [0.4, 0.5) is 9.59 Å². The lowest BCUT2D eigenvalue weighted by molar-refractivity contribution is -0.896. The Hall–Kier alpha value is -2.55. The van der Waals surface area contributed by atoms with Gasteiger partial charge in [0.25, 0.3) is 5.91 Å². The van der Waals surface area contributed by atoms with Crippen molar-refractivity contribution in [3.63, 3.8) is 0 Å². The summed E-state index contributed by atoms with van der Waals surface area (Å²) in [4.78, 5) is 37.8. The van der Waals surface area contributed by atoms with Crippen LogP contribution in [0.2, 0.25) is 0 Å². The van der Waals surface area contributed by atoms with E-state index in [1.54, 1.807) is 24.0 Å². The van der Waals surface area contributed by atoms with Crippen molar-refractivity contribution in [2.75, 3.05) is 39.3 Å². The number of quaternary nitrogens is 1. The molecule has 1 aromatic heterocycles. The Balaban J connectivity index is 1.64. The average Bonchev–Trinajstić information content (AvgIpc) is 3.07. The van der Waals surface area contributed by atoms with E-state index in [-0.39, 0.29) is 25.1 Å². The molecule has 4 amide bonds. The number of hydrogen-bond donors (Lipinski definition) is 3. The lowest BCUT2D eigenvalue weighted by Gasteiger charge is -2.31. The monoisotopic (exact) mass is 339 g/mol. The maximum Gasteiger partial charge on any atom is 0.410 e. The molecule has 2 heterocycles. The zero-order valence-corrected chi connectivity index (χ0v) is 13.7. The molecule has 0 bridgehead atoms. The van der Waals surface area contributed by atoms with Crippen LogP contribution in [0.15, 0.2) is 22.8 Å². The third-order valence-corrected chi connectivity index (χ3v) is 3.66. The topological polar surface area (TPSA) is 105 Å². The lowest BCUT2D eigenvalue weighted by atomic mass is 10.3. The van der Waals surface area contributed by atoms with Crippen LogP contribution in [-0.4, -0.2) is 62.3 Å². The Morgan fingerprint density at radius 1 is 1.33 bits per heavy atom. The Labute approximate surface area is 139 Å². The summed E-state index contributed by atoms with van der Waals surface area (Å²) in [6.45, 7) is 4.86. The van der Waals surface area contributed by atoms with Gasteiger partial charge in [-0.1, -0.05) is 0 Å². The fourth-order valence-corrected chi connectivity index (χ4v) is 2.42. The molecule has 1 fully saturated rings. The van der Waals surface area contributed by atoms with E-state index >= 15 is 0 Å². The van der Waals surface area contributed by atoms with Gasteiger partial charge in [0, 0.05) is 0 Å². The Bertz CT molecular complexity index is 552. The highest BCUT2D eigenvalue weighted by molar-refractivity contribution is 5.94. The van der Waals surface area contributed by atoms with Crippen molar-refractivity contribution in [1.82, 2.24) is 15.5 Å². The van der Waals surface area contributed by atoms with Crippen molar-refractivity contribution in [3.05, 3.63) is 24.2 Å². The minimum Gasteiger partial charge on any atom is -0.467 e. The van der Waals surface area contributed by atoms with Crippen LogP contribution >= 0.6 is 0 Å². The molecular weight excluding hydrogens is 316 g/mol. The fraction of sp³-hybridized carbons (Fsp3) is 0.533. The highest BCUT2D eigenvalue weighted by Crippen LogP contribution is 1.98. The molecule has 1 aromatic rings. The number of piperazine rings is 1. The molecule has 9 nitrogen and oxygen atoms in total. The number of amides is 4. The van der Waals surface area contributed by atoms with Gasteiger partial charge in [0.15, 0.2) is 6.54 Å². The van der Waals surface area contributed by atoms with Crippen LogP contribution < -0.4 is 15.5 Å². The van der Waals surface area contributed by atoms with Gasteiger partial charge >= 0.3 is 12.1 Å². The molecule has 0 radical (unpaired) electrons. The van der Waals surface area contributed by atoms with E-state index in [1.807, 2.05) is 0 Å². The van der Waals surface area contributed by atoms with Gasteiger partial charge in [-0.3, -0.25) is 15.0 Å². The highest BCUT2D eigenvalue weighted by Gasteiger charge is 2.26. The summed E-state index contributed by atoms with van der Waals surface area (Å²) >= 11 is 0. The van der Waals surface area contributed by atoms with Crippen molar-refractivity contribution in [3.8, 4) is 0 Å². The van der Waals surface area contributed by atoms with Gasteiger partial charge in [0.05, 0.1) is 45.6 Å². The summed E-state index contributed by atoms with van der Waals surface area (Å²) in [5.41, 5.74) is 0. The molecule has 0 atom stereocenters. The second-order valence-electron chi connectivity index (χ2n) is 5.42. The maximum atomic E-state index is 11.9. The van der Waals surface area contributed by atoms with Crippen molar-refractivity contribution in [1.29, 1.82) is 0 Å². The van der Waals surface area contributed by atoms with Crippen molar-refractivity contribution >= 4 is 18.0 Å². The third-order valence-electron chi connectivity index (χ3n) is 3.66. The maximum absolute atomic E-state index is 11.9. The number of carbonyl (C=O) groups is 3. The quantitative estimate of drug-likeness (QED) is 0.636. The molecule has 0 aromatic carbocycles. The first-order valence-corrected chi connectivity index (χ1v) is 7.93. The van der Waals surface area contributed by atoms with Gasteiger partial charge in [-0.2, -0.15) is 0 Å². The van der Waals surface area contributed by atoms with E-state index in [2.05, 4.69) is 10.6 Å². The molecule has 0 saturated carbocycles. The highest BCUT2D eigenvalue weighted by atomic mass is 16.6. The lowest BCUT2D eigenvalue weighted by Crippen LogP contribution is -3.15. The Morgan fingerprint density at radius 3 is 2.71 bits per heavy atom. The first kappa shape index (κ1) is 17.8. The Morgan fingerprint density at radius 2 is 2.08 bits per heavy atom. The second kappa shape index (κ2) is 8.92. The molecule has 0 unspecified atom stereocenters. The largest absolute Gasteiger partial charge is 0.467 e. The summed E-state index contributed by atoms with van der Waals surface area (Å²) in [5.74, 6) is 0.254. The van der Waals surface area contributed by atoms with E-state index in [9.17, 15) is 14.4 Å².